The van der Waals surface area contributed by atoms with Gasteiger partial charge in [0.05, 0.1) is 32.3 Å². The number of ether oxygens (including phenoxy) is 2. The minimum Gasteiger partial charge on any atom is -0.468 e. The summed E-state index contributed by atoms with van der Waals surface area (Å²) >= 11 is 0. The van der Waals surface area contributed by atoms with E-state index in [2.05, 4.69) is 20.6 Å². The summed E-state index contributed by atoms with van der Waals surface area (Å²) in [6, 6.07) is -1.02. The van der Waals surface area contributed by atoms with Gasteiger partial charge < -0.3 is 14.8 Å². The normalized spacial score (nSPS) is 30.9. The first-order chi connectivity index (χ1) is 14.5. The van der Waals surface area contributed by atoms with Crippen molar-refractivity contribution in [2.45, 2.75) is 64.8 Å². The molecule has 3 N–H and O–H groups in total. The van der Waals surface area contributed by atoms with E-state index in [1.54, 1.807) is 13.8 Å². The number of rotatable bonds is 9. The topological polar surface area (TPSA) is 151 Å². The second kappa shape index (κ2) is 10.8. The van der Waals surface area contributed by atoms with Crippen LogP contribution in [0.25, 0.3) is 0 Å². The highest BCUT2D eigenvalue weighted by molar-refractivity contribution is 7.51. The van der Waals surface area contributed by atoms with Crippen LogP contribution < -0.4 is 15.9 Å². The zero-order valence-corrected chi connectivity index (χ0v) is 19.4. The molecule has 5 atom stereocenters. The van der Waals surface area contributed by atoms with E-state index in [9.17, 15) is 18.9 Å². The molecule has 12 nitrogen and oxygen atoms in total. The fourth-order valence-electron chi connectivity index (χ4n) is 3.03. The molecule has 31 heavy (non-hydrogen) atoms. The zero-order chi connectivity index (χ0) is 23.2. The third-order valence-corrected chi connectivity index (χ3v) is 6.49. The Labute approximate surface area is 181 Å². The van der Waals surface area contributed by atoms with Gasteiger partial charge in [-0.1, -0.05) is 13.8 Å². The standard InChI is InChI=1S/C18H32N3O9P/c1-11-8-13(20-29-11)9-27-14(22)6-7-19-16(23)15-18(3,4)10-28-31(25,30-15)21-12(2)17(24)26-5/h11-13,15,20H,6-10H2,1-5H3,(H,19,23)(H,21,25)/t11?,12-,13?,15-,31?/m0/s1. The van der Waals surface area contributed by atoms with Crippen LogP contribution in [-0.4, -0.2) is 69.0 Å². The van der Waals surface area contributed by atoms with Crippen LogP contribution in [0.4, 0.5) is 0 Å². The second-order valence-corrected chi connectivity index (χ2v) is 10.0. The van der Waals surface area contributed by atoms with Crippen molar-refractivity contribution in [1.29, 1.82) is 0 Å². The molecule has 0 spiro atoms. The third-order valence-electron chi connectivity index (χ3n) is 4.83. The second-order valence-electron chi connectivity index (χ2n) is 8.32. The van der Waals surface area contributed by atoms with Crippen LogP contribution in [0.2, 0.25) is 0 Å². The van der Waals surface area contributed by atoms with Gasteiger partial charge in [-0.3, -0.25) is 28.3 Å². The minimum absolute atomic E-state index is 0.0236. The number of methoxy groups -OCH3 is 1. The fraction of sp³-hybridized carbons (Fsp3) is 0.833. The van der Waals surface area contributed by atoms with Crippen molar-refractivity contribution < 1.29 is 42.3 Å². The van der Waals surface area contributed by atoms with Crippen molar-refractivity contribution in [1.82, 2.24) is 15.9 Å². The van der Waals surface area contributed by atoms with E-state index in [0.717, 1.165) is 6.42 Å². The van der Waals surface area contributed by atoms with Gasteiger partial charge in [-0.05, 0) is 20.3 Å². The maximum Gasteiger partial charge on any atom is 0.407 e. The highest BCUT2D eigenvalue weighted by Crippen LogP contribution is 2.53. The highest BCUT2D eigenvalue weighted by Gasteiger charge is 2.48. The van der Waals surface area contributed by atoms with Gasteiger partial charge in [0.2, 0.25) is 5.91 Å². The van der Waals surface area contributed by atoms with E-state index in [4.69, 9.17) is 18.6 Å². The summed E-state index contributed by atoms with van der Waals surface area (Å²) in [5.41, 5.74) is 1.99. The summed E-state index contributed by atoms with van der Waals surface area (Å²) in [7, 11) is -2.73. The average Bonchev–Trinajstić information content (AvgIpc) is 3.13. The Hall–Kier alpha value is -1.56. The van der Waals surface area contributed by atoms with Crippen LogP contribution in [0, 0.1) is 5.41 Å². The lowest BCUT2D eigenvalue weighted by molar-refractivity contribution is -0.145. The quantitative estimate of drug-likeness (QED) is 0.321. The van der Waals surface area contributed by atoms with E-state index in [0.29, 0.717) is 0 Å². The largest absolute Gasteiger partial charge is 0.468 e. The summed E-state index contributed by atoms with van der Waals surface area (Å²) in [5, 5.41) is 5.05. The molecule has 2 fully saturated rings. The monoisotopic (exact) mass is 465 g/mol. The number of nitrogens with one attached hydrogen (secondary N) is 3. The van der Waals surface area contributed by atoms with Gasteiger partial charge in [0.1, 0.15) is 12.6 Å². The van der Waals surface area contributed by atoms with Crippen LogP contribution in [-0.2, 0) is 42.3 Å². The first-order valence-electron chi connectivity index (χ1n) is 10.1. The lowest BCUT2D eigenvalue weighted by Gasteiger charge is -2.40. The summed E-state index contributed by atoms with van der Waals surface area (Å²) in [6.45, 7) is 6.95. The molecule has 2 aliphatic heterocycles. The molecule has 2 aliphatic rings. The molecule has 0 radical (unpaired) electrons. The molecule has 0 aromatic rings. The number of hydrogen-bond acceptors (Lipinski definition) is 10. The van der Waals surface area contributed by atoms with E-state index >= 15 is 0 Å². The molecule has 178 valence electrons. The van der Waals surface area contributed by atoms with Crippen LogP contribution in [0.5, 0.6) is 0 Å². The van der Waals surface area contributed by atoms with Gasteiger partial charge in [0.15, 0.2) is 6.10 Å². The summed E-state index contributed by atoms with van der Waals surface area (Å²) in [5.74, 6) is -1.66. The number of carbonyl (C=O) groups excluding carboxylic acids is 3. The van der Waals surface area contributed by atoms with E-state index in [1.165, 1.54) is 14.0 Å². The molecule has 1 amide bonds. The van der Waals surface area contributed by atoms with Gasteiger partial charge in [-0.25, -0.2) is 9.65 Å². The van der Waals surface area contributed by atoms with Crippen LogP contribution >= 0.6 is 7.75 Å². The van der Waals surface area contributed by atoms with Crippen LogP contribution in [0.1, 0.15) is 40.5 Å². The van der Waals surface area contributed by atoms with E-state index in [-0.39, 0.29) is 38.3 Å². The summed E-state index contributed by atoms with van der Waals surface area (Å²) < 4.78 is 33.4. The SMILES string of the molecule is COC(=O)[C@H](C)NP1(=O)OCC(C)(C)[C@H](C(=O)NCCC(=O)OCC2CC(C)ON2)O1. The van der Waals surface area contributed by atoms with Crippen molar-refractivity contribution >= 4 is 25.6 Å². The van der Waals surface area contributed by atoms with Crippen LogP contribution in [0.3, 0.4) is 0 Å². The smallest absolute Gasteiger partial charge is 0.407 e. The molecule has 0 aromatic carbocycles. The van der Waals surface area contributed by atoms with Crippen molar-refractivity contribution in [2.75, 3.05) is 26.9 Å². The molecule has 3 unspecified atom stereocenters. The Kier molecular flexibility index (Phi) is 8.99. The summed E-state index contributed by atoms with van der Waals surface area (Å²) in [6.07, 6.45) is -0.356. The number of carbonyl (C=O) groups is 3. The van der Waals surface area contributed by atoms with Crippen LogP contribution in [0.15, 0.2) is 0 Å². The van der Waals surface area contributed by atoms with Gasteiger partial charge in [-0.15, -0.1) is 0 Å². The minimum atomic E-state index is -3.93. The first-order valence-corrected chi connectivity index (χ1v) is 11.6. The van der Waals surface area contributed by atoms with Crippen molar-refractivity contribution in [3.8, 4) is 0 Å². The molecule has 13 heteroatoms. The Bertz CT molecular complexity index is 717. The molecular weight excluding hydrogens is 433 g/mol. The first kappa shape index (κ1) is 25.7. The van der Waals surface area contributed by atoms with Crippen molar-refractivity contribution in [2.24, 2.45) is 5.41 Å². The fourth-order valence-corrected chi connectivity index (χ4v) is 4.97. The number of hydroxylamine groups is 1. The number of amides is 1. The van der Waals surface area contributed by atoms with Gasteiger partial charge in [-0.2, -0.15) is 5.48 Å². The molecule has 0 aliphatic carbocycles. The number of hydrogen-bond donors (Lipinski definition) is 3. The third kappa shape index (κ3) is 7.51. The lowest BCUT2D eigenvalue weighted by atomic mass is 9.87. The maximum absolute atomic E-state index is 12.8. The molecule has 2 saturated heterocycles. The Morgan fingerprint density at radius 2 is 2.03 bits per heavy atom. The predicted octanol–water partition coefficient (Wildman–Crippen LogP) is 0.419. The Morgan fingerprint density at radius 3 is 2.65 bits per heavy atom. The molecule has 0 bridgehead atoms. The van der Waals surface area contributed by atoms with E-state index < -0.39 is 43.2 Å². The maximum atomic E-state index is 12.8. The van der Waals surface area contributed by atoms with Gasteiger partial charge in [0, 0.05) is 12.0 Å². The summed E-state index contributed by atoms with van der Waals surface area (Å²) in [4.78, 5) is 41.3. The van der Waals surface area contributed by atoms with Crippen molar-refractivity contribution in [3.63, 3.8) is 0 Å². The van der Waals surface area contributed by atoms with Gasteiger partial charge >= 0.3 is 19.7 Å². The van der Waals surface area contributed by atoms with Crippen molar-refractivity contribution in [3.05, 3.63) is 0 Å². The number of esters is 2. The Balaban J connectivity index is 1.82. The molecule has 0 saturated carbocycles. The molecule has 0 aromatic heterocycles. The highest BCUT2D eigenvalue weighted by atomic mass is 31.2. The average molecular weight is 465 g/mol. The molecule has 2 rings (SSSR count). The Morgan fingerprint density at radius 1 is 1.32 bits per heavy atom. The lowest BCUT2D eigenvalue weighted by Crippen LogP contribution is -2.51. The molecular formula is C18H32N3O9P. The van der Waals surface area contributed by atoms with Gasteiger partial charge in [0.25, 0.3) is 0 Å². The zero-order valence-electron chi connectivity index (χ0n) is 18.5. The molecule has 2 heterocycles. The predicted molar refractivity (Wildman–Crippen MR) is 107 cm³/mol. The van der Waals surface area contributed by atoms with E-state index in [1.807, 2.05) is 6.92 Å².